The van der Waals surface area contributed by atoms with Gasteiger partial charge < -0.3 is 11.1 Å². The maximum atomic E-state index is 12.8. The molecule has 0 aliphatic heterocycles. The van der Waals surface area contributed by atoms with Crippen molar-refractivity contribution in [1.29, 1.82) is 0 Å². The first kappa shape index (κ1) is 15.0. The van der Waals surface area contributed by atoms with Crippen molar-refractivity contribution in [3.8, 4) is 0 Å². The number of alkyl halides is 3. The number of nitrogen functional groups attached to an aromatic ring is 1. The number of hydrogen-bond acceptors (Lipinski definition) is 3. The molecule has 3 aromatic rings. The summed E-state index contributed by atoms with van der Waals surface area (Å²) in [4.78, 5) is 0. The Bertz CT molecular complexity index is 842. The average Bonchev–Trinajstić information content (AvgIpc) is 2.75. The van der Waals surface area contributed by atoms with Crippen molar-refractivity contribution >= 4 is 49.4 Å². The lowest BCUT2D eigenvalue weighted by molar-refractivity contribution is -0.137. The van der Waals surface area contributed by atoms with Gasteiger partial charge in [-0.2, -0.15) is 13.2 Å². The fourth-order valence-corrected chi connectivity index (χ4v) is 3.21. The molecule has 0 bridgehead atoms. The largest absolute Gasteiger partial charge is 0.416 e. The van der Waals surface area contributed by atoms with Gasteiger partial charge >= 0.3 is 6.18 Å². The van der Waals surface area contributed by atoms with E-state index in [0.717, 1.165) is 22.2 Å². The molecule has 2 aromatic carbocycles. The molecule has 0 amide bonds. The van der Waals surface area contributed by atoms with Gasteiger partial charge in [-0.25, -0.2) is 0 Å². The number of anilines is 3. The first-order chi connectivity index (χ1) is 10.3. The van der Waals surface area contributed by atoms with Crippen molar-refractivity contribution in [2.24, 2.45) is 0 Å². The minimum atomic E-state index is -4.39. The van der Waals surface area contributed by atoms with Crippen molar-refractivity contribution in [3.05, 3.63) is 53.1 Å². The van der Waals surface area contributed by atoms with E-state index in [1.807, 2.05) is 6.07 Å². The molecule has 0 aliphatic carbocycles. The summed E-state index contributed by atoms with van der Waals surface area (Å²) in [7, 11) is 0. The molecule has 22 heavy (non-hydrogen) atoms. The number of benzene rings is 2. The molecule has 3 rings (SSSR count). The van der Waals surface area contributed by atoms with Gasteiger partial charge in [0, 0.05) is 20.8 Å². The summed E-state index contributed by atoms with van der Waals surface area (Å²) in [5.74, 6) is 0. The third kappa shape index (κ3) is 2.84. The summed E-state index contributed by atoms with van der Waals surface area (Å²) in [5, 5.41) is 4.78. The van der Waals surface area contributed by atoms with E-state index < -0.39 is 11.7 Å². The van der Waals surface area contributed by atoms with Gasteiger partial charge in [0.25, 0.3) is 0 Å². The predicted octanol–water partition coefficient (Wildman–Crippen LogP) is 5.90. The standard InChI is InChI=1S/C15H10ClF3N2S/c16-9-4-5-12-11(7-9)13(14(20)22-12)21-10-3-1-2-8(6-10)15(17,18)19/h1-7,21H,20H2. The molecule has 0 spiro atoms. The zero-order chi connectivity index (χ0) is 15.9. The molecule has 1 heterocycles. The van der Waals surface area contributed by atoms with Crippen LogP contribution in [0.3, 0.4) is 0 Å². The van der Waals surface area contributed by atoms with E-state index in [1.54, 1.807) is 18.2 Å². The minimum Gasteiger partial charge on any atom is -0.389 e. The summed E-state index contributed by atoms with van der Waals surface area (Å²) < 4.78 is 39.2. The maximum absolute atomic E-state index is 12.8. The summed E-state index contributed by atoms with van der Waals surface area (Å²) in [6.07, 6.45) is -4.39. The molecular formula is C15H10ClF3N2S. The molecule has 7 heteroatoms. The Kier molecular flexibility index (Phi) is 3.66. The number of hydrogen-bond donors (Lipinski definition) is 2. The van der Waals surface area contributed by atoms with Gasteiger partial charge in [-0.15, -0.1) is 11.3 Å². The normalized spacial score (nSPS) is 11.8. The van der Waals surface area contributed by atoms with Crippen LogP contribution < -0.4 is 11.1 Å². The SMILES string of the molecule is Nc1sc2ccc(Cl)cc2c1Nc1cccc(C(F)(F)F)c1. The van der Waals surface area contributed by atoms with Crippen LogP contribution in [0, 0.1) is 0 Å². The quantitative estimate of drug-likeness (QED) is 0.608. The third-order valence-corrected chi connectivity index (χ3v) is 4.37. The number of thiophene rings is 1. The minimum absolute atomic E-state index is 0.321. The van der Waals surface area contributed by atoms with Gasteiger partial charge in [-0.05, 0) is 36.4 Å². The van der Waals surface area contributed by atoms with Crippen LogP contribution in [0.15, 0.2) is 42.5 Å². The Balaban J connectivity index is 2.03. The monoisotopic (exact) mass is 342 g/mol. The van der Waals surface area contributed by atoms with Gasteiger partial charge in [0.2, 0.25) is 0 Å². The molecule has 0 fully saturated rings. The van der Waals surface area contributed by atoms with Crippen LogP contribution in [0.25, 0.3) is 10.1 Å². The molecule has 114 valence electrons. The summed E-state index contributed by atoms with van der Waals surface area (Å²) in [6.45, 7) is 0. The zero-order valence-electron chi connectivity index (χ0n) is 11.0. The summed E-state index contributed by atoms with van der Waals surface area (Å²) in [5.41, 5.74) is 6.14. The van der Waals surface area contributed by atoms with E-state index in [1.165, 1.54) is 17.4 Å². The van der Waals surface area contributed by atoms with E-state index in [2.05, 4.69) is 5.32 Å². The van der Waals surface area contributed by atoms with Crippen LogP contribution in [-0.4, -0.2) is 0 Å². The summed E-state index contributed by atoms with van der Waals surface area (Å²) in [6, 6.07) is 10.3. The third-order valence-electron chi connectivity index (χ3n) is 3.14. The molecule has 3 N–H and O–H groups in total. The lowest BCUT2D eigenvalue weighted by Crippen LogP contribution is -2.05. The Hall–Kier alpha value is -1.92. The number of nitrogens with one attached hydrogen (secondary N) is 1. The predicted molar refractivity (Wildman–Crippen MR) is 86.0 cm³/mol. The number of halogens is 4. The fourth-order valence-electron chi connectivity index (χ4n) is 2.14. The highest BCUT2D eigenvalue weighted by Gasteiger charge is 2.30. The molecule has 0 radical (unpaired) electrons. The Morgan fingerprint density at radius 2 is 1.86 bits per heavy atom. The number of nitrogens with two attached hydrogens (primary N) is 1. The first-order valence-corrected chi connectivity index (χ1v) is 7.46. The van der Waals surface area contributed by atoms with Crippen LogP contribution in [-0.2, 0) is 6.18 Å². The van der Waals surface area contributed by atoms with Crippen molar-refractivity contribution in [2.45, 2.75) is 6.18 Å². The molecule has 1 aromatic heterocycles. The number of fused-ring (bicyclic) bond motifs is 1. The van der Waals surface area contributed by atoms with Crippen LogP contribution in [0.1, 0.15) is 5.56 Å². The van der Waals surface area contributed by atoms with E-state index in [-0.39, 0.29) is 0 Å². The molecule has 0 unspecified atom stereocenters. The lowest BCUT2D eigenvalue weighted by atomic mass is 10.2. The topological polar surface area (TPSA) is 38.0 Å². The second-order valence-corrected chi connectivity index (χ2v) is 6.21. The van der Waals surface area contributed by atoms with Crippen LogP contribution >= 0.6 is 22.9 Å². The van der Waals surface area contributed by atoms with Gasteiger partial charge in [-0.1, -0.05) is 17.7 Å². The zero-order valence-corrected chi connectivity index (χ0v) is 12.6. The molecular weight excluding hydrogens is 333 g/mol. The van der Waals surface area contributed by atoms with E-state index in [0.29, 0.717) is 21.4 Å². The fraction of sp³-hybridized carbons (Fsp3) is 0.0667. The highest BCUT2D eigenvalue weighted by Crippen LogP contribution is 2.41. The van der Waals surface area contributed by atoms with E-state index in [9.17, 15) is 13.2 Å². The van der Waals surface area contributed by atoms with Gasteiger partial charge in [-0.3, -0.25) is 0 Å². The maximum Gasteiger partial charge on any atom is 0.416 e. The average molecular weight is 343 g/mol. The van der Waals surface area contributed by atoms with Crippen LogP contribution in [0.5, 0.6) is 0 Å². The highest BCUT2D eigenvalue weighted by atomic mass is 35.5. The molecule has 0 saturated carbocycles. The van der Waals surface area contributed by atoms with Crippen LogP contribution in [0.2, 0.25) is 5.02 Å². The summed E-state index contributed by atoms with van der Waals surface area (Å²) >= 11 is 7.33. The Morgan fingerprint density at radius 3 is 2.59 bits per heavy atom. The second-order valence-electron chi connectivity index (χ2n) is 4.69. The molecule has 0 aliphatic rings. The second kappa shape index (κ2) is 5.37. The van der Waals surface area contributed by atoms with Crippen molar-refractivity contribution < 1.29 is 13.2 Å². The van der Waals surface area contributed by atoms with Crippen molar-refractivity contribution in [3.63, 3.8) is 0 Å². The highest BCUT2D eigenvalue weighted by molar-refractivity contribution is 7.23. The Morgan fingerprint density at radius 1 is 1.09 bits per heavy atom. The smallest absolute Gasteiger partial charge is 0.389 e. The Labute approximate surface area is 133 Å². The van der Waals surface area contributed by atoms with Gasteiger partial charge in [0.15, 0.2) is 0 Å². The van der Waals surface area contributed by atoms with E-state index >= 15 is 0 Å². The van der Waals surface area contributed by atoms with Crippen molar-refractivity contribution in [1.82, 2.24) is 0 Å². The van der Waals surface area contributed by atoms with Crippen LogP contribution in [0.4, 0.5) is 29.5 Å². The van der Waals surface area contributed by atoms with Gasteiger partial charge in [0.1, 0.15) is 5.00 Å². The first-order valence-electron chi connectivity index (χ1n) is 6.26. The van der Waals surface area contributed by atoms with Crippen molar-refractivity contribution in [2.75, 3.05) is 11.1 Å². The number of rotatable bonds is 2. The van der Waals surface area contributed by atoms with Gasteiger partial charge in [0.05, 0.1) is 11.3 Å². The molecule has 0 saturated heterocycles. The molecule has 2 nitrogen and oxygen atoms in total. The lowest BCUT2D eigenvalue weighted by Gasteiger charge is -2.11. The molecule has 0 atom stereocenters. The van der Waals surface area contributed by atoms with E-state index in [4.69, 9.17) is 17.3 Å².